The second kappa shape index (κ2) is 5.48. The number of anilines is 1. The number of carbonyl (C=O) groups excluding carboxylic acids is 1. The van der Waals surface area contributed by atoms with Gasteiger partial charge in [-0.2, -0.15) is 0 Å². The predicted octanol–water partition coefficient (Wildman–Crippen LogP) is 3.01. The number of amides is 1. The number of hydrogen-bond acceptors (Lipinski definition) is 4. The summed E-state index contributed by atoms with van der Waals surface area (Å²) in [5.41, 5.74) is 1.58. The Hall–Kier alpha value is -2.73. The predicted molar refractivity (Wildman–Crippen MR) is 85.6 cm³/mol. The minimum absolute atomic E-state index is 0.304. The summed E-state index contributed by atoms with van der Waals surface area (Å²) in [6, 6.07) is 8.75. The van der Waals surface area contributed by atoms with Crippen molar-refractivity contribution >= 4 is 28.8 Å². The molecule has 0 radical (unpaired) electrons. The molecule has 0 spiro atoms. The van der Waals surface area contributed by atoms with E-state index in [-0.39, 0.29) is 5.91 Å². The van der Waals surface area contributed by atoms with Crippen molar-refractivity contribution in [2.75, 3.05) is 18.5 Å². The molecule has 0 bridgehead atoms. The fourth-order valence-electron chi connectivity index (χ4n) is 2.39. The summed E-state index contributed by atoms with van der Waals surface area (Å²) >= 11 is 5.93. The number of rotatable bonds is 2. The average molecular weight is 330 g/mol. The molecule has 3 aromatic rings. The molecule has 1 aliphatic heterocycles. The van der Waals surface area contributed by atoms with Gasteiger partial charge in [-0.05, 0) is 24.3 Å². The Morgan fingerprint density at radius 1 is 1.13 bits per heavy atom. The van der Waals surface area contributed by atoms with E-state index in [0.29, 0.717) is 46.8 Å². The molecule has 1 N–H and O–H groups in total. The highest BCUT2D eigenvalue weighted by Crippen LogP contribution is 2.32. The lowest BCUT2D eigenvalue weighted by molar-refractivity contribution is 0.102. The van der Waals surface area contributed by atoms with E-state index in [1.807, 2.05) is 0 Å². The van der Waals surface area contributed by atoms with E-state index < -0.39 is 0 Å². The van der Waals surface area contributed by atoms with E-state index in [1.165, 1.54) is 0 Å². The molecule has 0 saturated carbocycles. The van der Waals surface area contributed by atoms with Crippen LogP contribution in [0.2, 0.25) is 5.02 Å². The second-order valence-corrected chi connectivity index (χ2v) is 5.49. The first-order valence-corrected chi connectivity index (χ1v) is 7.42. The van der Waals surface area contributed by atoms with E-state index in [1.54, 1.807) is 47.1 Å². The van der Waals surface area contributed by atoms with Gasteiger partial charge < -0.3 is 19.2 Å². The fraction of sp³-hybridized carbons (Fsp3) is 0.125. The lowest BCUT2D eigenvalue weighted by Crippen LogP contribution is -2.16. The third kappa shape index (κ3) is 2.68. The number of imidazole rings is 1. The van der Waals surface area contributed by atoms with Gasteiger partial charge in [0.15, 0.2) is 11.5 Å². The minimum atomic E-state index is -0.304. The van der Waals surface area contributed by atoms with E-state index in [0.717, 1.165) is 0 Å². The highest BCUT2D eigenvalue weighted by molar-refractivity contribution is 6.30. The van der Waals surface area contributed by atoms with Gasteiger partial charge in [-0.1, -0.05) is 11.6 Å². The minimum Gasteiger partial charge on any atom is -0.486 e. The zero-order chi connectivity index (χ0) is 15.8. The molecule has 0 unspecified atom stereocenters. The smallest absolute Gasteiger partial charge is 0.275 e. The van der Waals surface area contributed by atoms with Crippen molar-refractivity contribution in [3.8, 4) is 11.5 Å². The highest BCUT2D eigenvalue weighted by atomic mass is 35.5. The topological polar surface area (TPSA) is 64.9 Å². The number of fused-ring (bicyclic) bond motifs is 2. The van der Waals surface area contributed by atoms with Crippen LogP contribution in [0.25, 0.3) is 5.65 Å². The first kappa shape index (κ1) is 13.9. The van der Waals surface area contributed by atoms with Crippen molar-refractivity contribution in [1.82, 2.24) is 9.38 Å². The Bertz CT molecular complexity index is 907. The van der Waals surface area contributed by atoms with E-state index in [2.05, 4.69) is 10.3 Å². The van der Waals surface area contributed by atoms with E-state index >= 15 is 0 Å². The number of nitrogens with one attached hydrogen (secondary N) is 1. The average Bonchev–Trinajstić information content (AvgIpc) is 2.98. The normalized spacial score (nSPS) is 13.1. The Morgan fingerprint density at radius 3 is 2.83 bits per heavy atom. The Morgan fingerprint density at radius 2 is 1.96 bits per heavy atom. The summed E-state index contributed by atoms with van der Waals surface area (Å²) < 4.78 is 12.7. The maximum atomic E-state index is 12.3. The van der Waals surface area contributed by atoms with Crippen molar-refractivity contribution in [2.24, 2.45) is 0 Å². The van der Waals surface area contributed by atoms with E-state index in [4.69, 9.17) is 21.1 Å². The molecule has 23 heavy (non-hydrogen) atoms. The molecule has 1 aromatic carbocycles. The standard InChI is InChI=1S/C16H12ClN3O3/c17-10-1-4-15-19-12(9-20(15)8-10)16(21)18-11-2-3-13-14(7-11)23-6-5-22-13/h1-4,7-9H,5-6H2,(H,18,21). The van der Waals surface area contributed by atoms with Gasteiger partial charge in [-0.3, -0.25) is 4.79 Å². The van der Waals surface area contributed by atoms with Crippen LogP contribution in [0.5, 0.6) is 11.5 Å². The van der Waals surface area contributed by atoms with Gasteiger partial charge in [0, 0.05) is 24.1 Å². The molecule has 0 saturated heterocycles. The van der Waals surface area contributed by atoms with Crippen LogP contribution in [0.1, 0.15) is 10.5 Å². The van der Waals surface area contributed by atoms with Gasteiger partial charge in [-0.15, -0.1) is 0 Å². The first-order valence-electron chi connectivity index (χ1n) is 7.04. The quantitative estimate of drug-likeness (QED) is 0.785. The number of carbonyl (C=O) groups is 1. The lowest BCUT2D eigenvalue weighted by atomic mass is 10.2. The molecule has 0 aliphatic carbocycles. The molecule has 4 rings (SSSR count). The van der Waals surface area contributed by atoms with Gasteiger partial charge in [0.2, 0.25) is 0 Å². The van der Waals surface area contributed by atoms with Crippen LogP contribution >= 0.6 is 11.6 Å². The summed E-state index contributed by atoms with van der Waals surface area (Å²) in [7, 11) is 0. The highest BCUT2D eigenvalue weighted by Gasteiger charge is 2.15. The van der Waals surface area contributed by atoms with Crippen LogP contribution in [0.15, 0.2) is 42.7 Å². The monoisotopic (exact) mass is 329 g/mol. The van der Waals surface area contributed by atoms with Crippen molar-refractivity contribution in [1.29, 1.82) is 0 Å². The number of pyridine rings is 1. The summed E-state index contributed by atoms with van der Waals surface area (Å²) in [6.07, 6.45) is 3.33. The fourth-order valence-corrected chi connectivity index (χ4v) is 2.56. The molecule has 6 nitrogen and oxygen atoms in total. The summed E-state index contributed by atoms with van der Waals surface area (Å²) in [5.74, 6) is 0.994. The molecule has 3 heterocycles. The molecule has 116 valence electrons. The van der Waals surface area contributed by atoms with Crippen LogP contribution in [0.4, 0.5) is 5.69 Å². The van der Waals surface area contributed by atoms with Crippen LogP contribution in [-0.4, -0.2) is 28.5 Å². The number of halogens is 1. The molecule has 1 amide bonds. The van der Waals surface area contributed by atoms with Crippen molar-refractivity contribution in [3.63, 3.8) is 0 Å². The number of hydrogen-bond donors (Lipinski definition) is 1. The van der Waals surface area contributed by atoms with Crippen molar-refractivity contribution in [3.05, 3.63) is 53.4 Å². The molecule has 0 atom stereocenters. The van der Waals surface area contributed by atoms with Crippen LogP contribution in [0, 0.1) is 0 Å². The van der Waals surface area contributed by atoms with Gasteiger partial charge >= 0.3 is 0 Å². The summed E-state index contributed by atoms with van der Waals surface area (Å²) in [4.78, 5) is 16.6. The molecular formula is C16H12ClN3O3. The second-order valence-electron chi connectivity index (χ2n) is 5.05. The Balaban J connectivity index is 1.59. The molecule has 7 heteroatoms. The Labute approximate surface area is 136 Å². The Kier molecular flexibility index (Phi) is 3.31. The van der Waals surface area contributed by atoms with Crippen molar-refractivity contribution in [2.45, 2.75) is 0 Å². The van der Waals surface area contributed by atoms with Gasteiger partial charge in [0.1, 0.15) is 24.6 Å². The molecular weight excluding hydrogens is 318 g/mol. The summed E-state index contributed by atoms with van der Waals surface area (Å²) in [6.45, 7) is 1.03. The van der Waals surface area contributed by atoms with E-state index in [9.17, 15) is 4.79 Å². The third-order valence-electron chi connectivity index (χ3n) is 3.45. The first-order chi connectivity index (χ1) is 11.2. The zero-order valence-corrected chi connectivity index (χ0v) is 12.7. The van der Waals surface area contributed by atoms with Crippen LogP contribution in [0.3, 0.4) is 0 Å². The van der Waals surface area contributed by atoms with Gasteiger partial charge in [0.25, 0.3) is 5.91 Å². The van der Waals surface area contributed by atoms with Gasteiger partial charge in [-0.25, -0.2) is 4.98 Å². The van der Waals surface area contributed by atoms with Crippen LogP contribution < -0.4 is 14.8 Å². The maximum absolute atomic E-state index is 12.3. The van der Waals surface area contributed by atoms with Crippen LogP contribution in [-0.2, 0) is 0 Å². The summed E-state index contributed by atoms with van der Waals surface area (Å²) in [5, 5.41) is 3.38. The maximum Gasteiger partial charge on any atom is 0.275 e. The molecule has 1 aliphatic rings. The molecule has 2 aromatic heterocycles. The molecule has 0 fully saturated rings. The van der Waals surface area contributed by atoms with Crippen molar-refractivity contribution < 1.29 is 14.3 Å². The number of aromatic nitrogens is 2. The zero-order valence-electron chi connectivity index (χ0n) is 12.0. The SMILES string of the molecule is O=C(Nc1ccc2c(c1)OCCO2)c1cn2cc(Cl)ccc2n1. The number of nitrogens with zero attached hydrogens (tertiary/aromatic N) is 2. The largest absolute Gasteiger partial charge is 0.486 e. The number of benzene rings is 1. The lowest BCUT2D eigenvalue weighted by Gasteiger charge is -2.18. The van der Waals surface area contributed by atoms with Gasteiger partial charge in [0.05, 0.1) is 5.02 Å². The third-order valence-corrected chi connectivity index (χ3v) is 3.67. The number of ether oxygens (including phenoxy) is 2.